The van der Waals surface area contributed by atoms with Crippen LogP contribution in [0.25, 0.3) is 0 Å². The molecule has 6 heteroatoms. The molecule has 0 aromatic heterocycles. The molecule has 0 aliphatic carbocycles. The molecule has 0 aromatic rings. The third kappa shape index (κ3) is 3.41. The topological polar surface area (TPSA) is 72.6 Å². The SMILES string of the molecule is COCCS(=O)(=O)N1CCCCC1C(C)N. The van der Waals surface area contributed by atoms with Gasteiger partial charge in [0.1, 0.15) is 0 Å². The van der Waals surface area contributed by atoms with Crippen molar-refractivity contribution in [2.75, 3.05) is 26.0 Å². The summed E-state index contributed by atoms with van der Waals surface area (Å²) < 4.78 is 30.5. The third-order valence-electron chi connectivity index (χ3n) is 3.01. The number of rotatable bonds is 5. The highest BCUT2D eigenvalue weighted by molar-refractivity contribution is 7.89. The van der Waals surface area contributed by atoms with E-state index in [-0.39, 0.29) is 24.4 Å². The lowest BCUT2D eigenvalue weighted by Gasteiger charge is -2.36. The van der Waals surface area contributed by atoms with Crippen molar-refractivity contribution in [2.45, 2.75) is 38.3 Å². The normalized spacial score (nSPS) is 25.6. The van der Waals surface area contributed by atoms with Gasteiger partial charge >= 0.3 is 0 Å². The van der Waals surface area contributed by atoms with E-state index in [9.17, 15) is 8.42 Å². The maximum atomic E-state index is 12.0. The highest BCUT2D eigenvalue weighted by Crippen LogP contribution is 2.22. The zero-order chi connectivity index (χ0) is 12.2. The number of hydrogen-bond acceptors (Lipinski definition) is 4. The number of nitrogens with zero attached hydrogens (tertiary/aromatic N) is 1. The van der Waals surface area contributed by atoms with Crippen LogP contribution >= 0.6 is 0 Å². The Labute approximate surface area is 98.0 Å². The average molecular weight is 250 g/mol. The van der Waals surface area contributed by atoms with Gasteiger partial charge in [0.25, 0.3) is 0 Å². The summed E-state index contributed by atoms with van der Waals surface area (Å²) in [5, 5.41) is 0. The second-order valence-electron chi connectivity index (χ2n) is 4.34. The van der Waals surface area contributed by atoms with E-state index in [0.717, 1.165) is 19.3 Å². The van der Waals surface area contributed by atoms with E-state index in [1.807, 2.05) is 6.92 Å². The Kier molecular flexibility index (Phi) is 5.17. The first-order valence-electron chi connectivity index (χ1n) is 5.73. The standard InChI is InChI=1S/C10H22N2O3S/c1-9(11)10-5-3-4-6-12(10)16(13,14)8-7-15-2/h9-10H,3-8,11H2,1-2H3. The fourth-order valence-electron chi connectivity index (χ4n) is 2.11. The molecule has 0 bridgehead atoms. The number of piperidine rings is 1. The van der Waals surface area contributed by atoms with Gasteiger partial charge in [-0.15, -0.1) is 0 Å². The molecular weight excluding hydrogens is 228 g/mol. The Hall–Kier alpha value is -0.170. The second kappa shape index (κ2) is 5.95. The molecule has 2 unspecified atom stereocenters. The Balaban J connectivity index is 2.74. The summed E-state index contributed by atoms with van der Waals surface area (Å²) in [7, 11) is -1.70. The summed E-state index contributed by atoms with van der Waals surface area (Å²) in [5.74, 6) is 0.0483. The molecule has 1 saturated heterocycles. The second-order valence-corrected chi connectivity index (χ2v) is 6.38. The van der Waals surface area contributed by atoms with E-state index in [4.69, 9.17) is 10.5 Å². The first-order valence-corrected chi connectivity index (χ1v) is 7.34. The van der Waals surface area contributed by atoms with Crippen LogP contribution in [0.3, 0.4) is 0 Å². The number of sulfonamides is 1. The van der Waals surface area contributed by atoms with Crippen molar-refractivity contribution in [3.8, 4) is 0 Å². The Morgan fingerprint density at radius 2 is 2.19 bits per heavy atom. The molecule has 2 N–H and O–H groups in total. The molecule has 0 saturated carbocycles. The largest absolute Gasteiger partial charge is 0.384 e. The Bertz CT molecular complexity index is 303. The predicted molar refractivity (Wildman–Crippen MR) is 63.7 cm³/mol. The fourth-order valence-corrected chi connectivity index (χ4v) is 3.84. The van der Waals surface area contributed by atoms with Gasteiger partial charge in [-0.1, -0.05) is 6.42 Å². The predicted octanol–water partition coefficient (Wildman–Crippen LogP) is 0.164. The smallest absolute Gasteiger partial charge is 0.216 e. The van der Waals surface area contributed by atoms with E-state index in [1.165, 1.54) is 7.11 Å². The van der Waals surface area contributed by atoms with Crippen molar-refractivity contribution in [2.24, 2.45) is 5.73 Å². The minimum Gasteiger partial charge on any atom is -0.384 e. The molecule has 1 aliphatic rings. The van der Waals surface area contributed by atoms with Gasteiger partial charge in [-0.2, -0.15) is 4.31 Å². The fraction of sp³-hybridized carbons (Fsp3) is 1.00. The average Bonchev–Trinajstić information content (AvgIpc) is 2.26. The summed E-state index contributed by atoms with van der Waals surface area (Å²) >= 11 is 0. The van der Waals surface area contributed by atoms with Crippen molar-refractivity contribution >= 4 is 10.0 Å². The van der Waals surface area contributed by atoms with E-state index < -0.39 is 10.0 Å². The van der Waals surface area contributed by atoms with E-state index in [2.05, 4.69) is 0 Å². The minimum absolute atomic E-state index is 0.0457. The number of ether oxygens (including phenoxy) is 1. The molecular formula is C10H22N2O3S. The van der Waals surface area contributed by atoms with Crippen LogP contribution in [0.1, 0.15) is 26.2 Å². The lowest BCUT2D eigenvalue weighted by molar-refractivity contribution is 0.205. The quantitative estimate of drug-likeness (QED) is 0.754. The molecule has 1 heterocycles. The highest BCUT2D eigenvalue weighted by atomic mass is 32.2. The molecule has 1 aliphatic heterocycles. The molecule has 5 nitrogen and oxygen atoms in total. The first-order chi connectivity index (χ1) is 7.49. The number of methoxy groups -OCH3 is 1. The first kappa shape index (κ1) is 13.9. The zero-order valence-electron chi connectivity index (χ0n) is 10.1. The summed E-state index contributed by atoms with van der Waals surface area (Å²) in [6, 6.07) is -0.159. The molecule has 16 heavy (non-hydrogen) atoms. The maximum absolute atomic E-state index is 12.0. The van der Waals surface area contributed by atoms with Gasteiger partial charge in [-0.05, 0) is 19.8 Å². The van der Waals surface area contributed by atoms with Crippen LogP contribution in [0.15, 0.2) is 0 Å². The van der Waals surface area contributed by atoms with Gasteiger partial charge in [0.2, 0.25) is 10.0 Å². The van der Waals surface area contributed by atoms with Crippen molar-refractivity contribution in [1.82, 2.24) is 4.31 Å². The molecule has 96 valence electrons. The summed E-state index contributed by atoms with van der Waals surface area (Å²) in [6.07, 6.45) is 2.85. The lowest BCUT2D eigenvalue weighted by Crippen LogP contribution is -2.52. The van der Waals surface area contributed by atoms with Crippen LogP contribution in [0.2, 0.25) is 0 Å². The summed E-state index contributed by atoms with van der Waals surface area (Å²) in [5.41, 5.74) is 5.85. The number of hydrogen-bond donors (Lipinski definition) is 1. The molecule has 0 radical (unpaired) electrons. The van der Waals surface area contributed by atoms with Gasteiger partial charge in [0, 0.05) is 25.7 Å². The lowest BCUT2D eigenvalue weighted by atomic mass is 10.00. The molecule has 0 amide bonds. The summed E-state index contributed by atoms with van der Waals surface area (Å²) in [4.78, 5) is 0. The molecule has 2 atom stereocenters. The molecule has 0 aromatic carbocycles. The summed E-state index contributed by atoms with van der Waals surface area (Å²) in [6.45, 7) is 2.71. The van der Waals surface area contributed by atoms with Crippen molar-refractivity contribution < 1.29 is 13.2 Å². The van der Waals surface area contributed by atoms with Gasteiger partial charge < -0.3 is 10.5 Å². The Morgan fingerprint density at radius 3 is 2.75 bits per heavy atom. The molecule has 0 spiro atoms. The van der Waals surface area contributed by atoms with Gasteiger partial charge in [0.05, 0.1) is 12.4 Å². The van der Waals surface area contributed by atoms with Crippen LogP contribution in [0.5, 0.6) is 0 Å². The van der Waals surface area contributed by atoms with Crippen LogP contribution in [-0.4, -0.2) is 50.8 Å². The van der Waals surface area contributed by atoms with Gasteiger partial charge in [-0.3, -0.25) is 0 Å². The van der Waals surface area contributed by atoms with Crippen molar-refractivity contribution in [1.29, 1.82) is 0 Å². The van der Waals surface area contributed by atoms with Gasteiger partial charge in [0.15, 0.2) is 0 Å². The minimum atomic E-state index is -3.21. The van der Waals surface area contributed by atoms with Crippen LogP contribution in [0.4, 0.5) is 0 Å². The molecule has 1 rings (SSSR count). The van der Waals surface area contributed by atoms with Crippen LogP contribution in [-0.2, 0) is 14.8 Å². The van der Waals surface area contributed by atoms with Crippen molar-refractivity contribution in [3.05, 3.63) is 0 Å². The van der Waals surface area contributed by atoms with Gasteiger partial charge in [-0.25, -0.2) is 8.42 Å². The van der Waals surface area contributed by atoms with Crippen molar-refractivity contribution in [3.63, 3.8) is 0 Å². The molecule has 1 fully saturated rings. The van der Waals surface area contributed by atoms with Crippen LogP contribution in [0, 0.1) is 0 Å². The third-order valence-corrected chi connectivity index (χ3v) is 4.86. The highest BCUT2D eigenvalue weighted by Gasteiger charge is 2.33. The van der Waals surface area contributed by atoms with E-state index in [0.29, 0.717) is 6.54 Å². The monoisotopic (exact) mass is 250 g/mol. The number of nitrogens with two attached hydrogens (primary N) is 1. The maximum Gasteiger partial charge on any atom is 0.216 e. The Morgan fingerprint density at radius 1 is 1.50 bits per heavy atom. The van der Waals surface area contributed by atoms with Crippen LogP contribution < -0.4 is 5.73 Å². The van der Waals surface area contributed by atoms with E-state index in [1.54, 1.807) is 4.31 Å². The van der Waals surface area contributed by atoms with E-state index >= 15 is 0 Å². The zero-order valence-corrected chi connectivity index (χ0v) is 10.9.